The molecule has 0 aromatic rings. The van der Waals surface area contributed by atoms with E-state index in [0.717, 1.165) is 4.73 Å². The van der Waals surface area contributed by atoms with Crippen LogP contribution in [0.4, 0.5) is 0 Å². The lowest BCUT2D eigenvalue weighted by atomic mass is 10.0. The maximum atomic E-state index is 12.7. The van der Waals surface area contributed by atoms with Gasteiger partial charge in [-0.05, 0) is 0 Å². The molecule has 2 amide bonds. The Morgan fingerprint density at radius 2 is 1.76 bits per heavy atom. The lowest BCUT2D eigenvalue weighted by Crippen LogP contribution is -2.51. The van der Waals surface area contributed by atoms with Crippen LogP contribution in [0.2, 0.25) is 0 Å². The number of hydrogen-bond donors (Lipinski definition) is 1. The number of rotatable bonds is 3. The molecule has 0 radical (unpaired) electrons. The van der Waals surface area contributed by atoms with Gasteiger partial charge in [-0.25, -0.2) is 0 Å². The first kappa shape index (κ1) is 16.7. The van der Waals surface area contributed by atoms with Crippen LogP contribution in [0.5, 0.6) is 5.75 Å². The number of nitrogens with zero attached hydrogens (tertiary/aromatic N) is 4. The van der Waals surface area contributed by atoms with E-state index < -0.39 is 11.7 Å². The number of fused-ring (bicyclic) bond motifs is 1. The van der Waals surface area contributed by atoms with Gasteiger partial charge in [0.2, 0.25) is 5.91 Å². The zero-order valence-electron chi connectivity index (χ0n) is 13.9. The largest absolute Gasteiger partial charge is 0.494 e. The maximum Gasteiger partial charge on any atom is 0.295 e. The Kier molecular flexibility index (Phi) is 4.30. The van der Waals surface area contributed by atoms with Crippen molar-refractivity contribution in [3.63, 3.8) is 0 Å². The molecule has 0 aromatic heterocycles. The third-order valence-corrected chi connectivity index (χ3v) is 4.28. The molecule has 0 saturated carbocycles. The maximum absolute atomic E-state index is 12.7. The summed E-state index contributed by atoms with van der Waals surface area (Å²) >= 11 is 0. The quantitative estimate of drug-likeness (QED) is 0.480. The molecule has 0 bridgehead atoms. The van der Waals surface area contributed by atoms with E-state index in [1.54, 1.807) is 4.90 Å². The van der Waals surface area contributed by atoms with Gasteiger partial charge in [0, 0.05) is 39.3 Å². The molecule has 3 aliphatic heterocycles. The molecule has 1 saturated heterocycles. The summed E-state index contributed by atoms with van der Waals surface area (Å²) in [6.07, 6.45) is 3.92. The molecule has 0 aromatic carbocycles. The van der Waals surface area contributed by atoms with Crippen molar-refractivity contribution in [3.8, 4) is 17.0 Å². The van der Waals surface area contributed by atoms with Gasteiger partial charge in [0.15, 0.2) is 0 Å². The van der Waals surface area contributed by atoms with Crippen LogP contribution in [-0.2, 0) is 9.59 Å². The van der Waals surface area contributed by atoms with Gasteiger partial charge >= 0.3 is 0 Å². The number of amides is 2. The molecule has 25 heavy (non-hydrogen) atoms. The normalized spacial score (nSPS) is 14.6. The zero-order chi connectivity index (χ0) is 18.1. The van der Waals surface area contributed by atoms with Crippen LogP contribution < -0.4 is 4.74 Å². The van der Waals surface area contributed by atoms with Crippen LogP contribution in [0.25, 0.3) is 11.3 Å². The predicted octanol–water partition coefficient (Wildman–Crippen LogP) is 0.107. The molecule has 3 aliphatic rings. The van der Waals surface area contributed by atoms with E-state index in [4.69, 9.17) is 4.74 Å². The fourth-order valence-corrected chi connectivity index (χ4v) is 2.92. The number of ketones is 1. The third-order valence-electron chi connectivity index (χ3n) is 4.28. The Bertz CT molecular complexity index is 807. The molecule has 132 valence electrons. The van der Waals surface area contributed by atoms with Gasteiger partial charge in [0.1, 0.15) is 5.75 Å². The van der Waals surface area contributed by atoms with Gasteiger partial charge in [-0.2, -0.15) is 4.73 Å². The van der Waals surface area contributed by atoms with Crippen molar-refractivity contribution in [1.82, 2.24) is 19.5 Å². The number of Topliss-reactive ketones (excluding diaryl/α,β-unsaturated/α-hetero) is 1. The zero-order valence-corrected chi connectivity index (χ0v) is 13.9. The highest BCUT2D eigenvalue weighted by molar-refractivity contribution is 6.44. The average Bonchev–Trinajstić information content (AvgIpc) is 3.03. The Morgan fingerprint density at radius 3 is 2.36 bits per heavy atom. The van der Waals surface area contributed by atoms with E-state index in [1.165, 1.54) is 37.5 Å². The van der Waals surface area contributed by atoms with Crippen molar-refractivity contribution in [2.45, 2.75) is 6.92 Å². The molecule has 9 heteroatoms. The van der Waals surface area contributed by atoms with E-state index in [1.807, 2.05) is 0 Å². The number of carbonyl (C=O) groups is 3. The molecule has 0 unspecified atom stereocenters. The van der Waals surface area contributed by atoms with Crippen LogP contribution in [0.1, 0.15) is 17.3 Å². The summed E-state index contributed by atoms with van der Waals surface area (Å²) in [5.41, 5.74) is 0.861. The first-order valence-electron chi connectivity index (χ1n) is 7.75. The summed E-state index contributed by atoms with van der Waals surface area (Å²) in [7, 11) is 1.40. The number of methoxy groups -OCH3 is 1. The van der Waals surface area contributed by atoms with Crippen LogP contribution in [-0.4, -0.2) is 75.6 Å². The highest BCUT2D eigenvalue weighted by Gasteiger charge is 2.31. The molecule has 9 nitrogen and oxygen atoms in total. The van der Waals surface area contributed by atoms with E-state index in [9.17, 15) is 19.6 Å². The lowest BCUT2D eigenvalue weighted by Gasteiger charge is -2.33. The van der Waals surface area contributed by atoms with Crippen LogP contribution >= 0.6 is 0 Å². The molecule has 3 rings (SSSR count). The predicted molar refractivity (Wildman–Crippen MR) is 85.8 cm³/mol. The summed E-state index contributed by atoms with van der Waals surface area (Å²) in [5, 5.41) is 9.58. The lowest BCUT2D eigenvalue weighted by molar-refractivity contribution is -0.135. The van der Waals surface area contributed by atoms with E-state index in [-0.39, 0.29) is 17.2 Å². The van der Waals surface area contributed by atoms with Crippen LogP contribution in [0, 0.1) is 0 Å². The molecular formula is C16H18N4O5. The van der Waals surface area contributed by atoms with Gasteiger partial charge in [-0.3, -0.25) is 19.4 Å². The summed E-state index contributed by atoms with van der Waals surface area (Å²) in [6.45, 7) is 2.91. The Morgan fingerprint density at radius 1 is 1.12 bits per heavy atom. The minimum absolute atomic E-state index is 0.0494. The molecule has 3 heterocycles. The Labute approximate surface area is 143 Å². The summed E-state index contributed by atoms with van der Waals surface area (Å²) < 4.78 is 5.96. The second kappa shape index (κ2) is 6.42. The Balaban J connectivity index is 1.83. The standard InChI is InChI=1S/C16H18N4O5/c1-10(21)18-3-5-19(6-4-18)16(23)15(22)11-7-17-12-8-20(24)9-13(25-2)14(11)12/h7-9,24H,3-6H2,1-2H3. The highest BCUT2D eigenvalue weighted by Crippen LogP contribution is 2.34. The van der Waals surface area contributed by atoms with E-state index in [0.29, 0.717) is 37.4 Å². The fourth-order valence-electron chi connectivity index (χ4n) is 2.92. The van der Waals surface area contributed by atoms with E-state index in [2.05, 4.69) is 4.98 Å². The first-order valence-corrected chi connectivity index (χ1v) is 7.75. The minimum Gasteiger partial charge on any atom is -0.494 e. The molecule has 1 N–H and O–H groups in total. The molecule has 0 aliphatic carbocycles. The summed E-state index contributed by atoms with van der Waals surface area (Å²) in [6, 6.07) is 0. The van der Waals surface area contributed by atoms with Crippen molar-refractivity contribution >= 4 is 17.6 Å². The number of piperazine rings is 1. The highest BCUT2D eigenvalue weighted by atomic mass is 16.5. The second-order valence-corrected chi connectivity index (χ2v) is 5.77. The van der Waals surface area contributed by atoms with Gasteiger partial charge < -0.3 is 19.7 Å². The van der Waals surface area contributed by atoms with Crippen molar-refractivity contribution in [3.05, 3.63) is 24.2 Å². The van der Waals surface area contributed by atoms with Crippen LogP contribution in [0.15, 0.2) is 18.6 Å². The van der Waals surface area contributed by atoms with Gasteiger partial charge in [-0.1, -0.05) is 0 Å². The van der Waals surface area contributed by atoms with Crippen molar-refractivity contribution in [1.29, 1.82) is 0 Å². The summed E-state index contributed by atoms with van der Waals surface area (Å²) in [4.78, 5) is 43.7. The van der Waals surface area contributed by atoms with Gasteiger partial charge in [0.05, 0.1) is 36.3 Å². The van der Waals surface area contributed by atoms with Crippen molar-refractivity contribution in [2.75, 3.05) is 33.3 Å². The minimum atomic E-state index is -0.687. The average molecular weight is 346 g/mol. The number of pyridine rings is 1. The van der Waals surface area contributed by atoms with Gasteiger partial charge in [-0.15, -0.1) is 0 Å². The van der Waals surface area contributed by atoms with Crippen molar-refractivity contribution in [2.24, 2.45) is 0 Å². The fraction of sp³-hybridized carbons (Fsp3) is 0.375. The SMILES string of the molecule is COc1cn(O)cc2ncc(C(=O)C(=O)N3CCN(C(C)=O)CC3)c1-2. The summed E-state index contributed by atoms with van der Waals surface area (Å²) in [5.74, 6) is -1.13. The number of hydrogen-bond acceptors (Lipinski definition) is 6. The molecule has 0 atom stereocenters. The van der Waals surface area contributed by atoms with E-state index >= 15 is 0 Å². The molecule has 0 spiro atoms. The number of aromatic nitrogens is 2. The molecule has 1 fully saturated rings. The van der Waals surface area contributed by atoms with Crippen molar-refractivity contribution < 1.29 is 24.3 Å². The monoisotopic (exact) mass is 346 g/mol. The Hall–Kier alpha value is -3.10. The van der Waals surface area contributed by atoms with Crippen LogP contribution in [0.3, 0.4) is 0 Å². The topological polar surface area (TPSA) is 105 Å². The van der Waals surface area contributed by atoms with Gasteiger partial charge in [0.25, 0.3) is 11.7 Å². The molecular weight excluding hydrogens is 328 g/mol. The number of carbonyl (C=O) groups excluding carboxylic acids is 3. The number of ether oxygens (including phenoxy) is 1. The smallest absolute Gasteiger partial charge is 0.295 e. The third kappa shape index (κ3) is 3.00. The second-order valence-electron chi connectivity index (χ2n) is 5.77. The first-order chi connectivity index (χ1) is 11.9.